The van der Waals surface area contributed by atoms with Crippen molar-refractivity contribution in [1.29, 1.82) is 0 Å². The minimum atomic E-state index is -0.661. The molecule has 1 saturated heterocycles. The quantitative estimate of drug-likeness (QED) is 0.576. The van der Waals surface area contributed by atoms with Crippen molar-refractivity contribution >= 4 is 22.8 Å². The number of rotatable bonds is 7. The molecule has 1 aliphatic heterocycles. The molecule has 7 nitrogen and oxygen atoms in total. The lowest BCUT2D eigenvalue weighted by molar-refractivity contribution is -0.138. The van der Waals surface area contributed by atoms with Gasteiger partial charge in [-0.1, -0.05) is 38.1 Å². The third-order valence-electron chi connectivity index (χ3n) is 6.34. The van der Waals surface area contributed by atoms with Gasteiger partial charge in [0.15, 0.2) is 5.76 Å². The molecule has 0 radical (unpaired) electrons. The molecule has 1 fully saturated rings. The highest BCUT2D eigenvalue weighted by Crippen LogP contribution is 2.35. The summed E-state index contributed by atoms with van der Waals surface area (Å²) >= 11 is 0. The first-order valence-electron chi connectivity index (χ1n) is 11.6. The van der Waals surface area contributed by atoms with E-state index < -0.39 is 12.1 Å². The average molecular weight is 449 g/mol. The summed E-state index contributed by atoms with van der Waals surface area (Å²) in [6, 6.07) is 12.5. The molecule has 1 aliphatic rings. The number of hydrogen-bond acceptors (Lipinski definition) is 5. The molecule has 0 unspecified atom stereocenters. The Balaban J connectivity index is 1.64. The third-order valence-corrected chi connectivity index (χ3v) is 6.34. The number of pyridine rings is 1. The molecule has 0 aliphatic carbocycles. The second kappa shape index (κ2) is 9.75. The molecule has 33 heavy (non-hydrogen) atoms. The van der Waals surface area contributed by atoms with Crippen molar-refractivity contribution in [1.82, 2.24) is 15.2 Å². The monoisotopic (exact) mass is 448 g/mol. The van der Waals surface area contributed by atoms with E-state index in [4.69, 9.17) is 10.2 Å². The summed E-state index contributed by atoms with van der Waals surface area (Å²) in [5, 5.41) is 3.90. The van der Waals surface area contributed by atoms with Crippen LogP contribution in [0.25, 0.3) is 22.4 Å². The number of nitrogens with two attached hydrogens (primary N) is 1. The number of carbonyl (C=O) groups excluding carboxylic acids is 2. The first kappa shape index (κ1) is 23.0. The Morgan fingerprint density at radius 2 is 1.94 bits per heavy atom. The Labute approximate surface area is 194 Å². The SMILES string of the molecule is CC(C)[C@H](NC(=O)[C@H](C)N)C(=O)N1CCC[C@H]1Cc1c(-c2ccccn2)oc2ccccc12. The summed E-state index contributed by atoms with van der Waals surface area (Å²) in [6.07, 6.45) is 4.25. The Morgan fingerprint density at radius 1 is 1.18 bits per heavy atom. The Morgan fingerprint density at radius 3 is 2.64 bits per heavy atom. The fraction of sp³-hybridized carbons (Fsp3) is 0.423. The molecule has 0 saturated carbocycles. The highest BCUT2D eigenvalue weighted by atomic mass is 16.3. The van der Waals surface area contributed by atoms with Gasteiger partial charge in [-0.2, -0.15) is 0 Å². The molecular weight excluding hydrogens is 416 g/mol. The third kappa shape index (κ3) is 4.78. The van der Waals surface area contributed by atoms with Gasteiger partial charge in [0.1, 0.15) is 17.3 Å². The average Bonchev–Trinajstić information content (AvgIpc) is 3.42. The van der Waals surface area contributed by atoms with E-state index in [0.717, 1.165) is 40.8 Å². The summed E-state index contributed by atoms with van der Waals surface area (Å²) in [4.78, 5) is 32.2. The molecule has 0 spiro atoms. The van der Waals surface area contributed by atoms with Crippen LogP contribution in [0.3, 0.4) is 0 Å². The zero-order valence-corrected chi connectivity index (χ0v) is 19.5. The van der Waals surface area contributed by atoms with Gasteiger partial charge in [0.05, 0.1) is 6.04 Å². The first-order valence-corrected chi connectivity index (χ1v) is 11.6. The normalized spacial score (nSPS) is 18.0. The number of furan rings is 1. The van der Waals surface area contributed by atoms with Crippen LogP contribution in [-0.4, -0.2) is 46.4 Å². The Hall–Kier alpha value is -3.19. The molecule has 3 N–H and O–H groups in total. The van der Waals surface area contributed by atoms with E-state index in [0.29, 0.717) is 13.0 Å². The predicted molar refractivity (Wildman–Crippen MR) is 128 cm³/mol. The van der Waals surface area contributed by atoms with Crippen LogP contribution in [0.4, 0.5) is 0 Å². The van der Waals surface area contributed by atoms with Crippen molar-refractivity contribution in [2.75, 3.05) is 6.54 Å². The molecule has 0 bridgehead atoms. The van der Waals surface area contributed by atoms with Gasteiger partial charge in [-0.3, -0.25) is 14.6 Å². The standard InChI is InChI=1S/C26H32N4O3/c1-16(2)23(29-25(31)17(3)27)26(32)30-14-8-9-18(30)15-20-19-10-4-5-12-22(19)33-24(20)21-11-6-7-13-28-21/h4-7,10-13,16-18,23H,8-9,14-15,27H2,1-3H3,(H,29,31)/t17-,18-,23-/m0/s1. The number of nitrogens with one attached hydrogen (secondary N) is 1. The van der Waals surface area contributed by atoms with E-state index in [2.05, 4.69) is 16.4 Å². The summed E-state index contributed by atoms with van der Waals surface area (Å²) in [6.45, 7) is 6.18. The number of nitrogens with zero attached hydrogens (tertiary/aromatic N) is 2. The minimum absolute atomic E-state index is 0.0226. The fourth-order valence-corrected chi connectivity index (χ4v) is 4.56. The van der Waals surface area contributed by atoms with Gasteiger partial charge in [0, 0.05) is 29.7 Å². The topological polar surface area (TPSA) is 101 Å². The van der Waals surface area contributed by atoms with Crippen molar-refractivity contribution in [2.45, 2.75) is 58.2 Å². The van der Waals surface area contributed by atoms with Gasteiger partial charge >= 0.3 is 0 Å². The maximum Gasteiger partial charge on any atom is 0.245 e. The predicted octanol–water partition coefficient (Wildman–Crippen LogP) is 3.52. The van der Waals surface area contributed by atoms with Crippen LogP contribution in [0.1, 0.15) is 39.2 Å². The molecule has 174 valence electrons. The molecular formula is C26H32N4O3. The van der Waals surface area contributed by atoms with Crippen LogP contribution < -0.4 is 11.1 Å². The molecule has 3 atom stereocenters. The van der Waals surface area contributed by atoms with Crippen LogP contribution in [0, 0.1) is 5.92 Å². The largest absolute Gasteiger partial charge is 0.454 e. The molecule has 1 aromatic carbocycles. The second-order valence-corrected chi connectivity index (χ2v) is 9.17. The van der Waals surface area contributed by atoms with Crippen LogP contribution >= 0.6 is 0 Å². The van der Waals surface area contributed by atoms with E-state index in [1.165, 1.54) is 0 Å². The highest BCUT2D eigenvalue weighted by molar-refractivity contribution is 5.90. The van der Waals surface area contributed by atoms with Crippen LogP contribution in [0.15, 0.2) is 53.1 Å². The van der Waals surface area contributed by atoms with Crippen LogP contribution in [-0.2, 0) is 16.0 Å². The van der Waals surface area contributed by atoms with Gasteiger partial charge in [-0.15, -0.1) is 0 Å². The molecule has 7 heteroatoms. The van der Waals surface area contributed by atoms with Crippen molar-refractivity contribution < 1.29 is 14.0 Å². The molecule has 4 rings (SSSR count). The van der Waals surface area contributed by atoms with Gasteiger partial charge in [-0.25, -0.2) is 0 Å². The number of fused-ring (bicyclic) bond motifs is 1. The van der Waals surface area contributed by atoms with Crippen LogP contribution in [0.5, 0.6) is 0 Å². The zero-order valence-electron chi connectivity index (χ0n) is 19.5. The number of para-hydroxylation sites is 1. The number of benzene rings is 1. The van der Waals surface area contributed by atoms with Gasteiger partial charge in [0.25, 0.3) is 0 Å². The van der Waals surface area contributed by atoms with Gasteiger partial charge < -0.3 is 20.4 Å². The number of amides is 2. The van der Waals surface area contributed by atoms with E-state index >= 15 is 0 Å². The second-order valence-electron chi connectivity index (χ2n) is 9.17. The van der Waals surface area contributed by atoms with E-state index in [1.807, 2.05) is 55.1 Å². The fourth-order valence-electron chi connectivity index (χ4n) is 4.56. The lowest BCUT2D eigenvalue weighted by Crippen LogP contribution is -2.55. The van der Waals surface area contributed by atoms with Crippen molar-refractivity contribution in [3.8, 4) is 11.5 Å². The summed E-state index contributed by atoms with van der Waals surface area (Å²) in [5.74, 6) is 0.354. The van der Waals surface area contributed by atoms with Crippen molar-refractivity contribution in [2.24, 2.45) is 11.7 Å². The number of likely N-dealkylation sites (tertiary alicyclic amines) is 1. The molecule has 3 heterocycles. The summed E-state index contributed by atoms with van der Waals surface area (Å²) in [7, 11) is 0. The number of carbonyl (C=O) groups is 2. The van der Waals surface area contributed by atoms with Crippen LogP contribution in [0.2, 0.25) is 0 Å². The minimum Gasteiger partial charge on any atom is -0.454 e. The maximum atomic E-state index is 13.5. The molecule has 2 aromatic heterocycles. The van der Waals surface area contributed by atoms with Crippen molar-refractivity contribution in [3.63, 3.8) is 0 Å². The van der Waals surface area contributed by atoms with Gasteiger partial charge in [-0.05, 0) is 50.3 Å². The summed E-state index contributed by atoms with van der Waals surface area (Å²) < 4.78 is 6.22. The summed E-state index contributed by atoms with van der Waals surface area (Å²) in [5.41, 5.74) is 8.39. The van der Waals surface area contributed by atoms with E-state index in [-0.39, 0.29) is 23.8 Å². The zero-order chi connectivity index (χ0) is 23.5. The van der Waals surface area contributed by atoms with E-state index in [9.17, 15) is 9.59 Å². The Kier molecular flexibility index (Phi) is 6.79. The number of aromatic nitrogens is 1. The molecule has 3 aromatic rings. The Bertz CT molecular complexity index is 1120. The molecule has 2 amide bonds. The maximum absolute atomic E-state index is 13.5. The highest BCUT2D eigenvalue weighted by Gasteiger charge is 2.36. The van der Waals surface area contributed by atoms with Crippen molar-refractivity contribution in [3.05, 3.63) is 54.2 Å². The first-order chi connectivity index (χ1) is 15.9. The van der Waals surface area contributed by atoms with E-state index in [1.54, 1.807) is 13.1 Å². The smallest absolute Gasteiger partial charge is 0.245 e. The lowest BCUT2D eigenvalue weighted by Gasteiger charge is -2.31. The number of hydrogen-bond donors (Lipinski definition) is 2. The van der Waals surface area contributed by atoms with Gasteiger partial charge in [0.2, 0.25) is 11.8 Å². The lowest BCUT2D eigenvalue weighted by atomic mass is 9.97.